The smallest absolute Gasteiger partial charge is 0.393 e. The second kappa shape index (κ2) is 7.62. The van der Waals surface area contributed by atoms with Crippen molar-refractivity contribution in [1.29, 1.82) is 0 Å². The number of methoxy groups -OCH3 is 1. The third-order valence-electron chi connectivity index (χ3n) is 3.12. The van der Waals surface area contributed by atoms with Gasteiger partial charge in [-0.2, -0.15) is 5.10 Å². The first-order chi connectivity index (χ1) is 11.9. The van der Waals surface area contributed by atoms with Crippen LogP contribution in [0, 0.1) is 10.1 Å². The third-order valence-corrected chi connectivity index (χ3v) is 3.36. The fraction of sp³-hybridized carbons (Fsp3) is 0.214. The molecule has 0 radical (unpaired) electrons. The Hall–Kier alpha value is -3.14. The summed E-state index contributed by atoms with van der Waals surface area (Å²) in [5.41, 5.74) is 5.12. The summed E-state index contributed by atoms with van der Waals surface area (Å²) in [6, 6.07) is 4.63. The van der Waals surface area contributed by atoms with E-state index >= 15 is 0 Å². The number of halogens is 1. The molecule has 0 saturated carbocycles. The Bertz CT molecular complexity index is 848. The molecule has 0 aliphatic carbocycles. The first-order valence-electron chi connectivity index (χ1n) is 6.98. The summed E-state index contributed by atoms with van der Waals surface area (Å²) in [6.07, 6.45) is 1.13. The maximum Gasteiger partial charge on any atom is 0.393 e. The van der Waals surface area contributed by atoms with E-state index in [0.29, 0.717) is 22.9 Å². The van der Waals surface area contributed by atoms with E-state index < -0.39 is 22.3 Å². The lowest BCUT2D eigenvalue weighted by Gasteiger charge is -2.07. The van der Waals surface area contributed by atoms with Gasteiger partial charge in [0.2, 0.25) is 5.69 Å². The zero-order chi connectivity index (χ0) is 18.6. The molecule has 2 aromatic rings. The highest BCUT2D eigenvalue weighted by molar-refractivity contribution is 6.31. The van der Waals surface area contributed by atoms with E-state index in [1.54, 1.807) is 19.1 Å². The fourth-order valence-corrected chi connectivity index (χ4v) is 2.09. The zero-order valence-electron chi connectivity index (χ0n) is 13.3. The predicted molar refractivity (Wildman–Crippen MR) is 88.7 cm³/mol. The van der Waals surface area contributed by atoms with Crippen LogP contribution in [0.25, 0.3) is 0 Å². The SMILES string of the molecule is CCn1cc([N+](=O)[O-])c(C(=O)O/N=C(\N)c2cc(Cl)ccc2OC)n1. The molecule has 0 fully saturated rings. The largest absolute Gasteiger partial charge is 0.496 e. The van der Waals surface area contributed by atoms with E-state index in [2.05, 4.69) is 15.1 Å². The van der Waals surface area contributed by atoms with Gasteiger partial charge in [-0.15, -0.1) is 0 Å². The summed E-state index contributed by atoms with van der Waals surface area (Å²) < 4.78 is 6.35. The average Bonchev–Trinajstić information content (AvgIpc) is 3.04. The fourth-order valence-electron chi connectivity index (χ4n) is 1.92. The topological polar surface area (TPSA) is 135 Å². The van der Waals surface area contributed by atoms with Gasteiger partial charge in [0.15, 0.2) is 5.84 Å². The molecule has 1 aromatic heterocycles. The number of hydrogen-bond acceptors (Lipinski definition) is 7. The number of aromatic nitrogens is 2. The molecule has 0 bridgehead atoms. The van der Waals surface area contributed by atoms with Crippen LogP contribution in [0.5, 0.6) is 5.75 Å². The van der Waals surface area contributed by atoms with Crippen LogP contribution in [0.4, 0.5) is 5.69 Å². The van der Waals surface area contributed by atoms with Crippen LogP contribution in [0.3, 0.4) is 0 Å². The second-order valence-corrected chi connectivity index (χ2v) is 5.11. The van der Waals surface area contributed by atoms with Crippen molar-refractivity contribution in [3.05, 3.63) is 50.8 Å². The Morgan fingerprint density at radius 1 is 1.52 bits per heavy atom. The lowest BCUT2D eigenvalue weighted by atomic mass is 10.2. The second-order valence-electron chi connectivity index (χ2n) is 4.68. The Morgan fingerprint density at radius 3 is 2.84 bits per heavy atom. The van der Waals surface area contributed by atoms with E-state index in [1.165, 1.54) is 17.9 Å². The number of carbonyl (C=O) groups is 1. The Kier molecular flexibility index (Phi) is 5.55. The molecule has 0 spiro atoms. The van der Waals surface area contributed by atoms with Crippen LogP contribution in [-0.2, 0) is 11.4 Å². The van der Waals surface area contributed by atoms with Crippen molar-refractivity contribution < 1.29 is 19.3 Å². The van der Waals surface area contributed by atoms with Crippen molar-refractivity contribution in [3.8, 4) is 5.75 Å². The van der Waals surface area contributed by atoms with Crippen molar-refractivity contribution in [2.24, 2.45) is 10.9 Å². The highest BCUT2D eigenvalue weighted by Crippen LogP contribution is 2.23. The number of carbonyl (C=O) groups excluding carboxylic acids is 1. The van der Waals surface area contributed by atoms with Gasteiger partial charge in [0.1, 0.15) is 11.9 Å². The molecule has 0 aliphatic heterocycles. The lowest BCUT2D eigenvalue weighted by Crippen LogP contribution is -2.17. The molecule has 1 aromatic carbocycles. The summed E-state index contributed by atoms with van der Waals surface area (Å²) in [6.45, 7) is 2.06. The number of oxime groups is 1. The van der Waals surface area contributed by atoms with E-state index in [4.69, 9.17) is 22.1 Å². The number of rotatable bonds is 6. The van der Waals surface area contributed by atoms with Crippen molar-refractivity contribution in [2.75, 3.05) is 7.11 Å². The molecular formula is C14H14ClN5O5. The minimum absolute atomic E-state index is 0.190. The van der Waals surface area contributed by atoms with E-state index in [1.807, 2.05) is 0 Å². The van der Waals surface area contributed by atoms with Gasteiger partial charge in [-0.3, -0.25) is 14.8 Å². The van der Waals surface area contributed by atoms with Crippen molar-refractivity contribution in [1.82, 2.24) is 9.78 Å². The maximum absolute atomic E-state index is 12.0. The van der Waals surface area contributed by atoms with Crippen LogP contribution in [-0.4, -0.2) is 33.6 Å². The van der Waals surface area contributed by atoms with E-state index in [0.717, 1.165) is 6.20 Å². The normalized spacial score (nSPS) is 11.2. The maximum atomic E-state index is 12.0. The van der Waals surface area contributed by atoms with Crippen LogP contribution in [0.2, 0.25) is 5.02 Å². The number of ether oxygens (including phenoxy) is 1. The van der Waals surface area contributed by atoms with Crippen LogP contribution < -0.4 is 10.5 Å². The number of amidine groups is 1. The highest BCUT2D eigenvalue weighted by Gasteiger charge is 2.27. The number of benzene rings is 1. The molecule has 2 N–H and O–H groups in total. The molecule has 0 atom stereocenters. The molecule has 0 amide bonds. The summed E-state index contributed by atoms with van der Waals surface area (Å²) in [7, 11) is 1.42. The van der Waals surface area contributed by atoms with Crippen molar-refractivity contribution >= 4 is 29.1 Å². The molecule has 132 valence electrons. The molecule has 0 saturated heterocycles. The van der Waals surface area contributed by atoms with Gasteiger partial charge < -0.3 is 15.3 Å². The van der Waals surface area contributed by atoms with Crippen molar-refractivity contribution in [3.63, 3.8) is 0 Å². The predicted octanol–water partition coefficient (Wildman–Crippen LogP) is 1.95. The number of hydrogen-bond donors (Lipinski definition) is 1. The molecule has 0 unspecified atom stereocenters. The minimum Gasteiger partial charge on any atom is -0.496 e. The average molecular weight is 368 g/mol. The number of aryl methyl sites for hydroxylation is 1. The summed E-state index contributed by atoms with van der Waals surface area (Å²) in [5, 5.41) is 18.6. The third kappa shape index (κ3) is 4.04. The van der Waals surface area contributed by atoms with Crippen molar-refractivity contribution in [2.45, 2.75) is 13.5 Å². The number of nitrogens with two attached hydrogens (primary N) is 1. The number of nitrogens with zero attached hydrogens (tertiary/aromatic N) is 4. The van der Waals surface area contributed by atoms with Gasteiger partial charge in [-0.25, -0.2) is 4.79 Å². The summed E-state index contributed by atoms with van der Waals surface area (Å²) >= 11 is 5.89. The summed E-state index contributed by atoms with van der Waals surface area (Å²) in [4.78, 5) is 27.0. The Labute approximate surface area is 146 Å². The van der Waals surface area contributed by atoms with Crippen LogP contribution in [0.1, 0.15) is 23.0 Å². The first kappa shape index (κ1) is 18.2. The minimum atomic E-state index is -1.11. The molecule has 10 nitrogen and oxygen atoms in total. The molecule has 0 aliphatic rings. The summed E-state index contributed by atoms with van der Waals surface area (Å²) in [5.74, 6) is -0.934. The quantitative estimate of drug-likeness (QED) is 0.271. The van der Waals surface area contributed by atoms with Crippen LogP contribution >= 0.6 is 11.6 Å². The number of nitro groups is 1. The van der Waals surface area contributed by atoms with E-state index in [-0.39, 0.29) is 5.84 Å². The lowest BCUT2D eigenvalue weighted by molar-refractivity contribution is -0.385. The van der Waals surface area contributed by atoms with Gasteiger partial charge in [0, 0.05) is 11.6 Å². The molecule has 11 heteroatoms. The Balaban J connectivity index is 2.27. The van der Waals surface area contributed by atoms with Crippen LogP contribution in [0.15, 0.2) is 29.6 Å². The molecule has 2 rings (SSSR count). The van der Waals surface area contributed by atoms with Gasteiger partial charge in [0.05, 0.1) is 17.6 Å². The van der Waals surface area contributed by atoms with Gasteiger partial charge in [-0.1, -0.05) is 16.8 Å². The van der Waals surface area contributed by atoms with Gasteiger partial charge >= 0.3 is 11.7 Å². The highest BCUT2D eigenvalue weighted by atomic mass is 35.5. The Morgan fingerprint density at radius 2 is 2.24 bits per heavy atom. The standard InChI is InChI=1S/C14H14ClN5O5/c1-3-19-7-10(20(22)23)12(17-19)14(21)25-18-13(16)9-6-8(15)4-5-11(9)24-2/h4-7H,3H2,1-2H3,(H2,16,18). The van der Waals surface area contributed by atoms with E-state index in [9.17, 15) is 14.9 Å². The van der Waals surface area contributed by atoms with Gasteiger partial charge in [0.25, 0.3) is 0 Å². The first-order valence-corrected chi connectivity index (χ1v) is 7.35. The molecular weight excluding hydrogens is 354 g/mol. The van der Waals surface area contributed by atoms with Gasteiger partial charge in [-0.05, 0) is 25.1 Å². The molecule has 1 heterocycles. The zero-order valence-corrected chi connectivity index (χ0v) is 14.1. The molecule has 25 heavy (non-hydrogen) atoms. The monoisotopic (exact) mass is 367 g/mol.